The Bertz CT molecular complexity index is 280. The lowest BCUT2D eigenvalue weighted by molar-refractivity contribution is -0.804. The van der Waals surface area contributed by atoms with Crippen molar-refractivity contribution in [3.8, 4) is 12.4 Å². The van der Waals surface area contributed by atoms with Crippen molar-refractivity contribution in [2.24, 2.45) is 0 Å². The van der Waals surface area contributed by atoms with Gasteiger partial charge in [0.1, 0.15) is 12.4 Å². The molecule has 0 fully saturated rings. The summed E-state index contributed by atoms with van der Waals surface area (Å²) >= 11 is 0. The van der Waals surface area contributed by atoms with Gasteiger partial charge in [-0.05, 0) is 18.6 Å². The third-order valence-electron chi connectivity index (χ3n) is 2.07. The molecular weight excluding hydrogens is 188 g/mol. The molecule has 1 rings (SSSR count). The maximum Gasteiger partial charge on any atom is 0.190 e. The third-order valence-corrected chi connectivity index (χ3v) is 2.07. The van der Waals surface area contributed by atoms with E-state index in [0.717, 1.165) is 4.48 Å². The topological polar surface area (TPSA) is 59.6 Å². The Balaban J connectivity index is 0.000000336. The number of nitrogens with one attached hydrogen (secondary N) is 1. The number of unbranched alkanes of at least 4 members (excludes halogenated alkanes) is 1. The maximum atomic E-state index is 7.48. The number of rotatable bonds is 3. The summed E-state index contributed by atoms with van der Waals surface area (Å²) in [4.78, 5) is 0. The molecule has 0 bridgehead atoms. The Kier molecular flexibility index (Phi) is 6.70. The van der Waals surface area contributed by atoms with Crippen molar-refractivity contribution in [2.45, 2.75) is 19.8 Å². The summed E-state index contributed by atoms with van der Waals surface area (Å²) in [7, 11) is 2.23. The Morgan fingerprint density at radius 3 is 2.07 bits per heavy atom. The predicted molar refractivity (Wildman–Crippen MR) is 58.6 cm³/mol. The van der Waals surface area contributed by atoms with Gasteiger partial charge in [-0.15, -0.1) is 0 Å². The van der Waals surface area contributed by atoms with Crippen LogP contribution in [0.3, 0.4) is 0 Å². The van der Waals surface area contributed by atoms with E-state index in [1.54, 1.807) is 5.32 Å². The van der Waals surface area contributed by atoms with E-state index in [9.17, 15) is 0 Å². The molecule has 0 aromatic heterocycles. The Morgan fingerprint density at radius 1 is 1.20 bits per heavy atom. The van der Waals surface area contributed by atoms with Crippen LogP contribution in [0.4, 0.5) is 0 Å². The average molecular weight is 205 g/mol. The minimum Gasteiger partial charge on any atom is -0.273 e. The van der Waals surface area contributed by atoms with Crippen LogP contribution in [-0.4, -0.2) is 18.1 Å². The molecular formula is C11H17N4+. The first-order valence-electron chi connectivity index (χ1n) is 4.93. The molecule has 0 atom stereocenters. The predicted octanol–water partition coefficient (Wildman–Crippen LogP) is 1.81. The van der Waals surface area contributed by atoms with Crippen LogP contribution in [0, 0.1) is 22.9 Å². The largest absolute Gasteiger partial charge is 0.273 e. The normalized spacial score (nSPS) is 14.7. The number of nitrogens with zero attached hydrogens (tertiary/aromatic N) is 3. The molecule has 1 N–H and O–H groups in total. The zero-order valence-corrected chi connectivity index (χ0v) is 9.27. The second-order valence-electron chi connectivity index (χ2n) is 3.46. The number of quaternary nitrogens is 1. The summed E-state index contributed by atoms with van der Waals surface area (Å²) < 4.78 is 0.994. The zero-order valence-electron chi connectivity index (χ0n) is 9.27. The van der Waals surface area contributed by atoms with Gasteiger partial charge in [-0.1, -0.05) is 13.3 Å². The lowest BCUT2D eigenvalue weighted by atomic mass is 10.3. The molecule has 0 unspecified atom stereocenters. The van der Waals surface area contributed by atoms with E-state index in [4.69, 9.17) is 10.5 Å². The molecule has 1 heterocycles. The van der Waals surface area contributed by atoms with Crippen LogP contribution in [-0.2, 0) is 0 Å². The third kappa shape index (κ3) is 6.31. The van der Waals surface area contributed by atoms with Gasteiger partial charge in [-0.3, -0.25) is 4.48 Å². The summed E-state index contributed by atoms with van der Waals surface area (Å²) in [6.07, 6.45) is 14.1. The first kappa shape index (κ1) is 13.2. The Hall–Kier alpha value is -1.78. The Labute approximate surface area is 91.3 Å². The zero-order chi connectivity index (χ0) is 11.6. The highest BCUT2D eigenvalue weighted by Crippen LogP contribution is 2.12. The minimum atomic E-state index is 0.994. The average Bonchev–Trinajstić information content (AvgIpc) is 2.65. The molecule has 0 aromatic rings. The molecule has 0 radical (unpaired) electrons. The van der Waals surface area contributed by atoms with E-state index in [-0.39, 0.29) is 0 Å². The van der Waals surface area contributed by atoms with E-state index in [1.807, 2.05) is 0 Å². The van der Waals surface area contributed by atoms with Crippen molar-refractivity contribution in [2.75, 3.05) is 13.6 Å². The van der Waals surface area contributed by atoms with E-state index < -0.39 is 0 Å². The summed E-state index contributed by atoms with van der Waals surface area (Å²) in [5.74, 6) is 0. The van der Waals surface area contributed by atoms with Gasteiger partial charge < -0.3 is 0 Å². The van der Waals surface area contributed by atoms with Crippen LogP contribution >= 0.6 is 0 Å². The molecule has 0 spiro atoms. The number of hydrogen-bond donors (Lipinski definition) is 1. The van der Waals surface area contributed by atoms with Crippen LogP contribution in [0.2, 0.25) is 0 Å². The smallest absolute Gasteiger partial charge is 0.190 e. The highest BCUT2D eigenvalue weighted by molar-refractivity contribution is 5.03. The number of hydrogen-bond acceptors (Lipinski definition) is 3. The molecule has 0 amide bonds. The fourth-order valence-corrected chi connectivity index (χ4v) is 1.22. The lowest BCUT2D eigenvalue weighted by Gasteiger charge is -2.22. The highest BCUT2D eigenvalue weighted by Gasteiger charge is 2.15. The number of nitriles is 2. The standard InChI is InChI=1S/C9H16N.C2HN3/c1-3-4-7-10(2)8-5-6-9-10;3-1-5-2-4/h5-6,8-9H,3-4,7H2,1-2H3;5H/q+1;. The second kappa shape index (κ2) is 7.61. The van der Waals surface area contributed by atoms with Crippen LogP contribution in [0.1, 0.15) is 19.8 Å². The van der Waals surface area contributed by atoms with E-state index >= 15 is 0 Å². The summed E-state index contributed by atoms with van der Waals surface area (Å²) in [6.45, 7) is 3.47. The molecule has 4 heteroatoms. The van der Waals surface area contributed by atoms with Crippen molar-refractivity contribution in [3.05, 3.63) is 24.6 Å². The van der Waals surface area contributed by atoms with Crippen LogP contribution in [0.5, 0.6) is 0 Å². The molecule has 0 aliphatic carbocycles. The molecule has 4 nitrogen and oxygen atoms in total. The quantitative estimate of drug-likeness (QED) is 0.434. The first-order valence-corrected chi connectivity index (χ1v) is 4.93. The molecule has 15 heavy (non-hydrogen) atoms. The summed E-state index contributed by atoms with van der Waals surface area (Å²) in [5, 5.41) is 16.7. The van der Waals surface area contributed by atoms with Crippen molar-refractivity contribution < 1.29 is 4.48 Å². The molecule has 0 saturated heterocycles. The fourth-order valence-electron chi connectivity index (χ4n) is 1.22. The van der Waals surface area contributed by atoms with Gasteiger partial charge in [-0.25, -0.2) is 5.32 Å². The monoisotopic (exact) mass is 205 g/mol. The second-order valence-corrected chi connectivity index (χ2v) is 3.46. The fraction of sp³-hybridized carbons (Fsp3) is 0.455. The van der Waals surface area contributed by atoms with Crippen LogP contribution in [0.15, 0.2) is 24.6 Å². The van der Waals surface area contributed by atoms with Crippen molar-refractivity contribution >= 4 is 0 Å². The molecule has 0 aromatic carbocycles. The summed E-state index contributed by atoms with van der Waals surface area (Å²) in [6, 6.07) is 0. The number of allylic oxidation sites excluding steroid dienone is 2. The highest BCUT2D eigenvalue weighted by atomic mass is 15.3. The van der Waals surface area contributed by atoms with Gasteiger partial charge in [0.25, 0.3) is 0 Å². The molecule has 0 saturated carbocycles. The molecule has 1 aliphatic heterocycles. The van der Waals surface area contributed by atoms with Gasteiger partial charge in [-0.2, -0.15) is 10.5 Å². The van der Waals surface area contributed by atoms with Gasteiger partial charge in [0.2, 0.25) is 0 Å². The van der Waals surface area contributed by atoms with Gasteiger partial charge in [0.15, 0.2) is 12.4 Å². The molecule has 1 aliphatic rings. The van der Waals surface area contributed by atoms with Crippen LogP contribution in [0.25, 0.3) is 0 Å². The van der Waals surface area contributed by atoms with E-state index in [1.165, 1.54) is 31.8 Å². The van der Waals surface area contributed by atoms with Gasteiger partial charge in [0, 0.05) is 0 Å². The maximum absolute atomic E-state index is 7.48. The SMILES string of the molecule is CCCC[N+]1(C)C=CC=C1.N#CNC#N. The van der Waals surface area contributed by atoms with Crippen molar-refractivity contribution in [3.63, 3.8) is 0 Å². The molecule has 80 valence electrons. The Morgan fingerprint density at radius 2 is 1.73 bits per heavy atom. The van der Waals surface area contributed by atoms with E-state index in [0.29, 0.717) is 0 Å². The van der Waals surface area contributed by atoms with E-state index in [2.05, 4.69) is 38.5 Å². The summed E-state index contributed by atoms with van der Waals surface area (Å²) in [5.41, 5.74) is 0. The van der Waals surface area contributed by atoms with Crippen LogP contribution < -0.4 is 5.32 Å². The first-order chi connectivity index (χ1) is 7.18. The van der Waals surface area contributed by atoms with Crippen molar-refractivity contribution in [1.82, 2.24) is 5.32 Å². The van der Waals surface area contributed by atoms with Crippen molar-refractivity contribution in [1.29, 1.82) is 10.5 Å². The minimum absolute atomic E-state index is 0.994. The lowest BCUT2D eigenvalue weighted by Crippen LogP contribution is -2.30. The van der Waals surface area contributed by atoms with Gasteiger partial charge >= 0.3 is 0 Å². The van der Waals surface area contributed by atoms with Gasteiger partial charge in [0.05, 0.1) is 13.6 Å².